The number of fused-ring (bicyclic) bond motifs is 1. The Balaban J connectivity index is 1.59. The maximum absolute atomic E-state index is 14.3. The molecule has 0 saturated heterocycles. The van der Waals surface area contributed by atoms with Gasteiger partial charge in [-0.1, -0.05) is 43.5 Å². The van der Waals surface area contributed by atoms with E-state index in [1.54, 1.807) is 54.3 Å². The Morgan fingerprint density at radius 2 is 1.79 bits per heavy atom. The average Bonchev–Trinajstić information content (AvgIpc) is 3.28. The van der Waals surface area contributed by atoms with Crippen LogP contribution in [0.2, 0.25) is 0 Å². The molecule has 0 unspecified atom stereocenters. The summed E-state index contributed by atoms with van der Waals surface area (Å²) in [7, 11) is 1.78. The van der Waals surface area contributed by atoms with Crippen molar-refractivity contribution in [3.05, 3.63) is 71.5 Å². The van der Waals surface area contributed by atoms with Crippen LogP contribution in [0.15, 0.2) is 54.7 Å². The number of carbonyl (C=O) groups excluding carboxylic acids is 3. The van der Waals surface area contributed by atoms with E-state index >= 15 is 0 Å². The number of para-hydroxylation sites is 2. The van der Waals surface area contributed by atoms with Crippen molar-refractivity contribution < 1.29 is 23.9 Å². The van der Waals surface area contributed by atoms with Gasteiger partial charge >= 0.3 is 0 Å². The number of benzene rings is 2. The monoisotopic (exact) mass is 530 g/mol. The number of nitrogens with zero attached hydrogens (tertiary/aromatic N) is 3. The fourth-order valence-electron chi connectivity index (χ4n) is 5.39. The largest absolute Gasteiger partial charge is 0.485 e. The van der Waals surface area contributed by atoms with Crippen LogP contribution in [0.4, 0.5) is 5.69 Å². The van der Waals surface area contributed by atoms with Gasteiger partial charge in [0.25, 0.3) is 5.91 Å². The number of amides is 2. The van der Waals surface area contributed by atoms with Crippen LogP contribution in [0, 0.1) is 6.92 Å². The molecule has 2 aromatic carbocycles. The molecule has 9 heteroatoms. The Morgan fingerprint density at radius 3 is 2.49 bits per heavy atom. The second kappa shape index (κ2) is 11.3. The van der Waals surface area contributed by atoms with Crippen LogP contribution in [-0.4, -0.2) is 46.1 Å². The van der Waals surface area contributed by atoms with Crippen LogP contribution in [0.3, 0.4) is 0 Å². The summed E-state index contributed by atoms with van der Waals surface area (Å²) in [6.45, 7) is 3.28. The van der Waals surface area contributed by atoms with E-state index < -0.39 is 18.1 Å². The number of ether oxygens (including phenoxy) is 2. The van der Waals surface area contributed by atoms with Gasteiger partial charge in [-0.25, -0.2) is 0 Å². The minimum atomic E-state index is -1.03. The molecule has 0 bridgehead atoms. The highest BCUT2D eigenvalue weighted by molar-refractivity contribution is 6.05. The highest BCUT2D eigenvalue weighted by atomic mass is 16.6. The van der Waals surface area contributed by atoms with Crippen molar-refractivity contribution in [2.45, 2.75) is 64.1 Å². The van der Waals surface area contributed by atoms with Gasteiger partial charge in [-0.05, 0) is 51.0 Å². The first-order valence-electron chi connectivity index (χ1n) is 13.4. The second-order valence-corrected chi connectivity index (χ2v) is 10.3. The fourth-order valence-corrected chi connectivity index (χ4v) is 5.39. The molecule has 1 aliphatic carbocycles. The second-order valence-electron chi connectivity index (χ2n) is 10.3. The number of aryl methyl sites for hydroxylation is 2. The molecular formula is C30H34N4O5. The number of hydrogen-bond acceptors (Lipinski definition) is 6. The predicted octanol–water partition coefficient (Wildman–Crippen LogP) is 4.29. The van der Waals surface area contributed by atoms with Crippen molar-refractivity contribution in [1.82, 2.24) is 15.1 Å². The summed E-state index contributed by atoms with van der Waals surface area (Å²) < 4.78 is 13.6. The summed E-state index contributed by atoms with van der Waals surface area (Å²) in [5.41, 5.74) is 2.09. The van der Waals surface area contributed by atoms with E-state index in [2.05, 4.69) is 10.4 Å². The summed E-state index contributed by atoms with van der Waals surface area (Å²) in [4.78, 5) is 42.2. The molecule has 1 fully saturated rings. The molecule has 3 aromatic rings. The highest BCUT2D eigenvalue weighted by Crippen LogP contribution is 2.35. The van der Waals surface area contributed by atoms with Crippen molar-refractivity contribution in [3.63, 3.8) is 0 Å². The number of hydrogen-bond donors (Lipinski definition) is 1. The molecular weight excluding hydrogens is 496 g/mol. The zero-order valence-electron chi connectivity index (χ0n) is 22.6. The number of Topliss-reactive ketones (excluding diaryl/α,β-unsaturated/α-hetero) is 1. The van der Waals surface area contributed by atoms with Crippen LogP contribution in [0.1, 0.15) is 66.7 Å². The van der Waals surface area contributed by atoms with E-state index in [9.17, 15) is 14.4 Å². The zero-order chi connectivity index (χ0) is 27.5. The van der Waals surface area contributed by atoms with Crippen molar-refractivity contribution in [2.24, 2.45) is 7.05 Å². The molecule has 204 valence electrons. The number of ketones is 1. The summed E-state index contributed by atoms with van der Waals surface area (Å²) in [5, 5.41) is 7.68. The van der Waals surface area contributed by atoms with Gasteiger partial charge in [-0.3, -0.25) is 24.0 Å². The summed E-state index contributed by atoms with van der Waals surface area (Å²) in [6.07, 6.45) is 5.82. The van der Waals surface area contributed by atoms with Gasteiger partial charge in [0.15, 0.2) is 17.3 Å². The standard InChI is InChI=1S/C30H34N4O5/c1-19-24(17-33(3)32-19)28(29(36)31-22-11-5-4-6-12-22)34(23-13-9-10-21(16-23)20(2)35)30(37)27-18-38-25-14-7-8-15-26(25)39-27/h7-10,13-17,22,27-28H,4-6,11-12,18H2,1-3H3,(H,31,36)/t27-,28+/m0/s1. The molecule has 1 aliphatic heterocycles. The molecule has 1 saturated carbocycles. The molecule has 5 rings (SSSR count). The molecule has 2 amide bonds. The van der Waals surface area contributed by atoms with E-state index in [0.717, 1.165) is 32.1 Å². The van der Waals surface area contributed by atoms with Crippen LogP contribution in [-0.2, 0) is 16.6 Å². The molecule has 0 spiro atoms. The van der Waals surface area contributed by atoms with E-state index in [4.69, 9.17) is 9.47 Å². The number of rotatable bonds is 7. The number of carbonyl (C=O) groups is 3. The van der Waals surface area contributed by atoms with Gasteiger partial charge in [0.05, 0.1) is 5.69 Å². The lowest BCUT2D eigenvalue weighted by molar-refractivity contribution is -0.132. The molecule has 9 nitrogen and oxygen atoms in total. The third-order valence-corrected chi connectivity index (χ3v) is 7.36. The molecule has 2 aliphatic rings. The van der Waals surface area contributed by atoms with Gasteiger partial charge in [0.2, 0.25) is 12.0 Å². The lowest BCUT2D eigenvalue weighted by Crippen LogP contribution is -2.52. The molecule has 2 heterocycles. The first-order valence-corrected chi connectivity index (χ1v) is 13.4. The van der Waals surface area contributed by atoms with Gasteiger partial charge in [-0.15, -0.1) is 0 Å². The molecule has 0 radical (unpaired) electrons. The van der Waals surface area contributed by atoms with E-state index in [1.807, 2.05) is 19.1 Å². The highest BCUT2D eigenvalue weighted by Gasteiger charge is 2.41. The summed E-state index contributed by atoms with van der Waals surface area (Å²) >= 11 is 0. The Hall–Kier alpha value is -4.14. The van der Waals surface area contributed by atoms with E-state index in [-0.39, 0.29) is 24.3 Å². The average molecular weight is 531 g/mol. The molecule has 1 aromatic heterocycles. The van der Waals surface area contributed by atoms with Crippen LogP contribution >= 0.6 is 0 Å². The van der Waals surface area contributed by atoms with Crippen LogP contribution in [0.25, 0.3) is 0 Å². The minimum absolute atomic E-state index is 0.0122. The van der Waals surface area contributed by atoms with Crippen molar-refractivity contribution in [2.75, 3.05) is 11.5 Å². The van der Waals surface area contributed by atoms with Gasteiger partial charge in [-0.2, -0.15) is 5.10 Å². The summed E-state index contributed by atoms with van der Waals surface area (Å²) in [6, 6.07) is 13.0. The number of aromatic nitrogens is 2. The quantitative estimate of drug-likeness (QED) is 0.457. The normalized spacial score (nSPS) is 17.8. The Kier molecular flexibility index (Phi) is 7.67. The number of nitrogens with one attached hydrogen (secondary N) is 1. The Labute approximate surface area is 228 Å². The minimum Gasteiger partial charge on any atom is -0.485 e. The van der Waals surface area contributed by atoms with Crippen LogP contribution < -0.4 is 19.7 Å². The van der Waals surface area contributed by atoms with E-state index in [0.29, 0.717) is 34.0 Å². The smallest absolute Gasteiger partial charge is 0.272 e. The third kappa shape index (κ3) is 5.67. The first-order chi connectivity index (χ1) is 18.8. The molecule has 1 N–H and O–H groups in total. The van der Waals surface area contributed by atoms with Crippen molar-refractivity contribution in [3.8, 4) is 11.5 Å². The Bertz CT molecular complexity index is 1380. The van der Waals surface area contributed by atoms with Gasteiger partial charge in [0.1, 0.15) is 12.6 Å². The lowest BCUT2D eigenvalue weighted by atomic mass is 9.94. The SMILES string of the molecule is CC(=O)c1cccc(N(C(=O)[C@@H]2COc3ccccc3O2)[C@@H](C(=O)NC2CCCCC2)c2cn(C)nc2C)c1. The van der Waals surface area contributed by atoms with Crippen molar-refractivity contribution in [1.29, 1.82) is 0 Å². The first kappa shape index (κ1) is 26.5. The fraction of sp³-hybridized carbons (Fsp3) is 0.400. The summed E-state index contributed by atoms with van der Waals surface area (Å²) in [5.74, 6) is 0.131. The maximum atomic E-state index is 14.3. The lowest BCUT2D eigenvalue weighted by Gasteiger charge is -2.36. The zero-order valence-corrected chi connectivity index (χ0v) is 22.6. The van der Waals surface area contributed by atoms with Crippen molar-refractivity contribution >= 4 is 23.3 Å². The van der Waals surface area contributed by atoms with Gasteiger partial charge in [0, 0.05) is 36.1 Å². The molecule has 39 heavy (non-hydrogen) atoms. The van der Waals surface area contributed by atoms with Gasteiger partial charge < -0.3 is 14.8 Å². The molecule has 2 atom stereocenters. The number of anilines is 1. The van der Waals surface area contributed by atoms with Crippen LogP contribution in [0.5, 0.6) is 11.5 Å². The predicted molar refractivity (Wildman–Crippen MR) is 146 cm³/mol. The third-order valence-electron chi connectivity index (χ3n) is 7.36. The Morgan fingerprint density at radius 1 is 1.05 bits per heavy atom. The van der Waals surface area contributed by atoms with E-state index in [1.165, 1.54) is 11.8 Å². The maximum Gasteiger partial charge on any atom is 0.272 e. The topological polar surface area (TPSA) is 103 Å².